The van der Waals surface area contributed by atoms with E-state index in [1.807, 2.05) is 6.07 Å². The van der Waals surface area contributed by atoms with Gasteiger partial charge in [0, 0.05) is 23.6 Å². The second-order valence-corrected chi connectivity index (χ2v) is 3.58. The maximum Gasteiger partial charge on any atom is 0.0555 e. The number of para-hydroxylation sites is 1. The van der Waals surface area contributed by atoms with Crippen LogP contribution >= 0.6 is 0 Å². The molecule has 3 N–H and O–H groups in total. The van der Waals surface area contributed by atoms with Gasteiger partial charge in [0.05, 0.1) is 6.61 Å². The van der Waals surface area contributed by atoms with Gasteiger partial charge in [-0.25, -0.2) is 0 Å². The largest absolute Gasteiger partial charge is 0.395 e. The summed E-state index contributed by atoms with van der Waals surface area (Å²) in [5, 5.41) is 13.1. The number of hydrogen-bond acceptors (Lipinski definition) is 2. The molecular weight excluding hydrogens is 188 g/mol. The lowest BCUT2D eigenvalue weighted by atomic mass is 10.1. The van der Waals surface area contributed by atoms with E-state index in [9.17, 15) is 0 Å². The Morgan fingerprint density at radius 2 is 2.07 bits per heavy atom. The van der Waals surface area contributed by atoms with Crippen LogP contribution in [-0.4, -0.2) is 29.8 Å². The Kier molecular flexibility index (Phi) is 3.37. The fourth-order valence-electron chi connectivity index (χ4n) is 1.77. The lowest BCUT2D eigenvalue weighted by molar-refractivity contribution is 0.293. The van der Waals surface area contributed by atoms with Gasteiger partial charge in [0.15, 0.2) is 0 Å². The number of aromatic nitrogens is 1. The van der Waals surface area contributed by atoms with Crippen LogP contribution in [0.4, 0.5) is 0 Å². The second-order valence-electron chi connectivity index (χ2n) is 3.58. The first-order valence-corrected chi connectivity index (χ1v) is 5.28. The van der Waals surface area contributed by atoms with E-state index < -0.39 is 0 Å². The van der Waals surface area contributed by atoms with E-state index in [4.69, 9.17) is 5.11 Å². The van der Waals surface area contributed by atoms with E-state index in [0.717, 1.165) is 13.0 Å². The van der Waals surface area contributed by atoms with Gasteiger partial charge in [0.25, 0.3) is 0 Å². The molecule has 0 atom stereocenters. The van der Waals surface area contributed by atoms with Gasteiger partial charge in [0.1, 0.15) is 0 Å². The van der Waals surface area contributed by atoms with E-state index in [-0.39, 0.29) is 6.61 Å². The minimum absolute atomic E-state index is 0.202. The summed E-state index contributed by atoms with van der Waals surface area (Å²) < 4.78 is 0. The van der Waals surface area contributed by atoms with Gasteiger partial charge in [-0.15, -0.1) is 0 Å². The Morgan fingerprint density at radius 1 is 1.20 bits per heavy atom. The van der Waals surface area contributed by atoms with Gasteiger partial charge < -0.3 is 15.4 Å². The van der Waals surface area contributed by atoms with Crippen molar-refractivity contribution in [1.29, 1.82) is 0 Å². The molecule has 1 aromatic carbocycles. The third-order valence-electron chi connectivity index (χ3n) is 2.53. The molecule has 0 spiro atoms. The Morgan fingerprint density at radius 3 is 2.93 bits per heavy atom. The molecule has 1 aromatic heterocycles. The van der Waals surface area contributed by atoms with Crippen molar-refractivity contribution in [3.8, 4) is 0 Å². The van der Waals surface area contributed by atoms with Gasteiger partial charge in [0.2, 0.25) is 0 Å². The highest BCUT2D eigenvalue weighted by Gasteiger charge is 2.01. The molecule has 80 valence electrons. The first-order valence-electron chi connectivity index (χ1n) is 5.28. The van der Waals surface area contributed by atoms with Gasteiger partial charge in [-0.05, 0) is 24.6 Å². The van der Waals surface area contributed by atoms with Crippen molar-refractivity contribution < 1.29 is 5.11 Å². The topological polar surface area (TPSA) is 48.0 Å². The highest BCUT2D eigenvalue weighted by atomic mass is 16.3. The predicted molar refractivity (Wildman–Crippen MR) is 62.0 cm³/mol. The normalized spacial score (nSPS) is 11.0. The zero-order chi connectivity index (χ0) is 10.5. The van der Waals surface area contributed by atoms with Crippen LogP contribution < -0.4 is 5.32 Å². The molecule has 0 saturated heterocycles. The number of rotatable bonds is 5. The smallest absolute Gasteiger partial charge is 0.0555 e. The second kappa shape index (κ2) is 4.96. The molecule has 2 rings (SSSR count). The monoisotopic (exact) mass is 204 g/mol. The van der Waals surface area contributed by atoms with Crippen molar-refractivity contribution in [3.05, 3.63) is 36.0 Å². The summed E-state index contributed by atoms with van der Waals surface area (Å²) in [7, 11) is 0. The van der Waals surface area contributed by atoms with Crippen LogP contribution in [0.3, 0.4) is 0 Å². The Hall–Kier alpha value is -1.32. The third kappa shape index (κ3) is 2.37. The lowest BCUT2D eigenvalue weighted by Crippen LogP contribution is -2.20. The molecule has 0 bridgehead atoms. The van der Waals surface area contributed by atoms with Crippen LogP contribution in [-0.2, 0) is 6.42 Å². The van der Waals surface area contributed by atoms with Crippen LogP contribution in [0, 0.1) is 0 Å². The number of hydrogen-bond donors (Lipinski definition) is 3. The van der Waals surface area contributed by atoms with Crippen molar-refractivity contribution in [1.82, 2.24) is 10.3 Å². The van der Waals surface area contributed by atoms with E-state index >= 15 is 0 Å². The Bertz CT molecular complexity index is 422. The standard InChI is InChI=1S/C12H16N2O/c15-8-7-13-6-5-10-9-14-12-4-2-1-3-11(10)12/h1-4,9,13-15H,5-8H2. The molecule has 15 heavy (non-hydrogen) atoms. The molecule has 0 radical (unpaired) electrons. The quantitative estimate of drug-likeness (QED) is 0.643. The minimum atomic E-state index is 0.202. The van der Waals surface area contributed by atoms with E-state index in [1.54, 1.807) is 0 Å². The lowest BCUT2D eigenvalue weighted by Gasteiger charge is -2.01. The van der Waals surface area contributed by atoms with Crippen LogP contribution in [0.25, 0.3) is 10.9 Å². The molecular formula is C12H16N2O. The van der Waals surface area contributed by atoms with E-state index in [1.165, 1.54) is 16.5 Å². The number of aromatic amines is 1. The molecule has 0 aliphatic rings. The summed E-state index contributed by atoms with van der Waals surface area (Å²) in [4.78, 5) is 3.25. The number of aliphatic hydroxyl groups is 1. The molecule has 2 aromatic rings. The number of nitrogens with one attached hydrogen (secondary N) is 2. The average molecular weight is 204 g/mol. The first kappa shape index (κ1) is 10.2. The highest BCUT2D eigenvalue weighted by Crippen LogP contribution is 2.17. The molecule has 0 fully saturated rings. The zero-order valence-corrected chi connectivity index (χ0v) is 8.66. The SMILES string of the molecule is OCCNCCc1c[nH]c2ccccc12. The van der Waals surface area contributed by atoms with Crippen LogP contribution in [0.15, 0.2) is 30.5 Å². The van der Waals surface area contributed by atoms with Crippen LogP contribution in [0.5, 0.6) is 0 Å². The minimum Gasteiger partial charge on any atom is -0.395 e. The number of H-pyrrole nitrogens is 1. The number of fused-ring (bicyclic) bond motifs is 1. The Labute approximate surface area is 89.1 Å². The third-order valence-corrected chi connectivity index (χ3v) is 2.53. The molecule has 0 aliphatic carbocycles. The summed E-state index contributed by atoms with van der Waals surface area (Å²) in [5.74, 6) is 0. The predicted octanol–water partition coefficient (Wildman–Crippen LogP) is 1.29. The molecule has 0 amide bonds. The molecule has 3 heteroatoms. The summed E-state index contributed by atoms with van der Waals surface area (Å²) in [6.45, 7) is 1.78. The molecule has 1 heterocycles. The van der Waals surface area contributed by atoms with Gasteiger partial charge in [-0.2, -0.15) is 0 Å². The van der Waals surface area contributed by atoms with E-state index in [2.05, 4.69) is 34.7 Å². The maximum absolute atomic E-state index is 8.63. The fourth-order valence-corrected chi connectivity index (χ4v) is 1.77. The zero-order valence-electron chi connectivity index (χ0n) is 8.66. The number of aliphatic hydroxyl groups excluding tert-OH is 1. The van der Waals surface area contributed by atoms with Crippen molar-refractivity contribution in [2.45, 2.75) is 6.42 Å². The summed E-state index contributed by atoms with van der Waals surface area (Å²) in [6, 6.07) is 8.31. The van der Waals surface area contributed by atoms with E-state index in [0.29, 0.717) is 6.54 Å². The van der Waals surface area contributed by atoms with Crippen molar-refractivity contribution >= 4 is 10.9 Å². The Balaban J connectivity index is 2.02. The molecule has 0 unspecified atom stereocenters. The molecule has 3 nitrogen and oxygen atoms in total. The molecule has 0 saturated carbocycles. The molecule has 0 aliphatic heterocycles. The van der Waals surface area contributed by atoms with Crippen molar-refractivity contribution in [2.24, 2.45) is 0 Å². The van der Waals surface area contributed by atoms with Crippen LogP contribution in [0.2, 0.25) is 0 Å². The van der Waals surface area contributed by atoms with Crippen molar-refractivity contribution in [2.75, 3.05) is 19.7 Å². The van der Waals surface area contributed by atoms with Gasteiger partial charge in [-0.1, -0.05) is 18.2 Å². The average Bonchev–Trinajstić information content (AvgIpc) is 2.68. The summed E-state index contributed by atoms with van der Waals surface area (Å²) >= 11 is 0. The maximum atomic E-state index is 8.63. The number of benzene rings is 1. The summed E-state index contributed by atoms with van der Waals surface area (Å²) in [6.07, 6.45) is 3.05. The van der Waals surface area contributed by atoms with Gasteiger partial charge >= 0.3 is 0 Å². The highest BCUT2D eigenvalue weighted by molar-refractivity contribution is 5.83. The van der Waals surface area contributed by atoms with Gasteiger partial charge in [-0.3, -0.25) is 0 Å². The fraction of sp³-hybridized carbons (Fsp3) is 0.333. The van der Waals surface area contributed by atoms with Crippen LogP contribution in [0.1, 0.15) is 5.56 Å². The first-order chi connectivity index (χ1) is 7.42. The van der Waals surface area contributed by atoms with Crippen molar-refractivity contribution in [3.63, 3.8) is 0 Å². The summed E-state index contributed by atoms with van der Waals surface area (Å²) in [5.41, 5.74) is 2.52.